The van der Waals surface area contributed by atoms with Crippen molar-refractivity contribution in [3.8, 4) is 0 Å². The van der Waals surface area contributed by atoms with Crippen LogP contribution in [0.4, 0.5) is 5.82 Å². The molecule has 1 aromatic heterocycles. The number of hydrogen-bond acceptors (Lipinski definition) is 3. The lowest BCUT2D eigenvalue weighted by atomic mass is 10.00. The van der Waals surface area contributed by atoms with Gasteiger partial charge in [0.05, 0.1) is 5.69 Å². The Kier molecular flexibility index (Phi) is 3.17. The van der Waals surface area contributed by atoms with Crippen molar-refractivity contribution in [2.24, 2.45) is 5.73 Å². The van der Waals surface area contributed by atoms with Crippen LogP contribution in [0, 0.1) is 0 Å². The molecule has 2 N–H and O–H groups in total. The smallest absolute Gasteiger partial charge is 0.129 e. The van der Waals surface area contributed by atoms with E-state index >= 15 is 0 Å². The van der Waals surface area contributed by atoms with Gasteiger partial charge < -0.3 is 10.6 Å². The van der Waals surface area contributed by atoms with E-state index in [-0.39, 0.29) is 0 Å². The van der Waals surface area contributed by atoms with Crippen LogP contribution < -0.4 is 10.6 Å². The van der Waals surface area contributed by atoms with E-state index in [4.69, 9.17) is 18.0 Å². The van der Waals surface area contributed by atoms with Gasteiger partial charge in [-0.2, -0.15) is 0 Å². The average molecular weight is 269 g/mol. The van der Waals surface area contributed by atoms with Crippen LogP contribution in [-0.2, 0) is 13.0 Å². The second-order valence-corrected chi connectivity index (χ2v) is 5.13. The van der Waals surface area contributed by atoms with Gasteiger partial charge >= 0.3 is 0 Å². The molecule has 2 heterocycles. The summed E-state index contributed by atoms with van der Waals surface area (Å²) in [7, 11) is 0. The molecule has 0 saturated carbocycles. The highest BCUT2D eigenvalue weighted by molar-refractivity contribution is 7.80. The number of hydrogen-bond donors (Lipinski definition) is 1. The molecule has 3 rings (SSSR count). The predicted molar refractivity (Wildman–Crippen MR) is 81.3 cm³/mol. The monoisotopic (exact) mass is 269 g/mol. The van der Waals surface area contributed by atoms with Crippen LogP contribution in [0.25, 0.3) is 0 Å². The standard InChI is InChI=1S/C15H15N3S/c16-15(19)13-6-3-7-14(17-13)18-9-8-11-4-1-2-5-12(11)10-18/h1-7H,8-10H2,(H2,16,19). The van der Waals surface area contributed by atoms with Gasteiger partial charge in [0, 0.05) is 13.1 Å². The molecule has 0 spiro atoms. The molecule has 0 fully saturated rings. The molecule has 0 atom stereocenters. The first-order valence-corrected chi connectivity index (χ1v) is 6.73. The molecule has 0 unspecified atom stereocenters. The maximum atomic E-state index is 5.64. The molecule has 0 saturated heterocycles. The summed E-state index contributed by atoms with van der Waals surface area (Å²) in [5.41, 5.74) is 9.13. The summed E-state index contributed by atoms with van der Waals surface area (Å²) in [6.07, 6.45) is 1.05. The Labute approximate surface area is 118 Å². The van der Waals surface area contributed by atoms with Crippen LogP contribution in [0.15, 0.2) is 42.5 Å². The highest BCUT2D eigenvalue weighted by Gasteiger charge is 2.17. The van der Waals surface area contributed by atoms with Crippen LogP contribution >= 0.6 is 12.2 Å². The summed E-state index contributed by atoms with van der Waals surface area (Å²) in [6, 6.07) is 14.4. The third-order valence-electron chi connectivity index (χ3n) is 3.44. The number of thiocarbonyl (C=S) groups is 1. The highest BCUT2D eigenvalue weighted by Crippen LogP contribution is 2.22. The number of pyridine rings is 1. The number of nitrogens with two attached hydrogens (primary N) is 1. The minimum atomic E-state index is 0.347. The Bertz CT molecular complexity index is 624. The lowest BCUT2D eigenvalue weighted by molar-refractivity contribution is 0.720. The molecular formula is C15H15N3S. The topological polar surface area (TPSA) is 42.1 Å². The largest absolute Gasteiger partial charge is 0.388 e. The van der Waals surface area contributed by atoms with Crippen molar-refractivity contribution in [3.63, 3.8) is 0 Å². The summed E-state index contributed by atoms with van der Waals surface area (Å²) in [4.78, 5) is 7.14. The van der Waals surface area contributed by atoms with Crippen molar-refractivity contribution in [2.75, 3.05) is 11.4 Å². The second kappa shape index (κ2) is 4.97. The number of nitrogens with zero attached hydrogens (tertiary/aromatic N) is 2. The van der Waals surface area contributed by atoms with E-state index in [9.17, 15) is 0 Å². The minimum Gasteiger partial charge on any atom is -0.388 e. The van der Waals surface area contributed by atoms with Crippen molar-refractivity contribution < 1.29 is 0 Å². The fourth-order valence-electron chi connectivity index (χ4n) is 2.43. The maximum Gasteiger partial charge on any atom is 0.129 e. The molecule has 0 bridgehead atoms. The van der Waals surface area contributed by atoms with Gasteiger partial charge in [-0.3, -0.25) is 0 Å². The van der Waals surface area contributed by atoms with E-state index in [0.717, 1.165) is 25.3 Å². The SMILES string of the molecule is NC(=S)c1cccc(N2CCc3ccccc3C2)n1. The zero-order valence-corrected chi connectivity index (χ0v) is 11.4. The van der Waals surface area contributed by atoms with E-state index < -0.39 is 0 Å². The predicted octanol–water partition coefficient (Wildman–Crippen LogP) is 2.28. The Balaban J connectivity index is 1.89. The van der Waals surface area contributed by atoms with Gasteiger partial charge in [0.2, 0.25) is 0 Å². The van der Waals surface area contributed by atoms with Gasteiger partial charge in [-0.15, -0.1) is 0 Å². The molecule has 1 aliphatic rings. The molecule has 19 heavy (non-hydrogen) atoms. The Morgan fingerprint density at radius 2 is 1.89 bits per heavy atom. The van der Waals surface area contributed by atoms with Crippen molar-refractivity contribution in [3.05, 3.63) is 59.3 Å². The Morgan fingerprint density at radius 1 is 1.11 bits per heavy atom. The zero-order valence-electron chi connectivity index (χ0n) is 10.5. The summed E-state index contributed by atoms with van der Waals surface area (Å²) in [5, 5.41) is 0. The van der Waals surface area contributed by atoms with Crippen molar-refractivity contribution in [1.82, 2.24) is 4.98 Å². The van der Waals surface area contributed by atoms with Gasteiger partial charge in [-0.05, 0) is 29.7 Å². The van der Waals surface area contributed by atoms with Gasteiger partial charge in [0.1, 0.15) is 10.8 Å². The van der Waals surface area contributed by atoms with Gasteiger partial charge in [-0.1, -0.05) is 42.5 Å². The third-order valence-corrected chi connectivity index (χ3v) is 3.65. The molecule has 3 nitrogen and oxygen atoms in total. The first kappa shape index (κ1) is 12.1. The fraction of sp³-hybridized carbons (Fsp3) is 0.200. The number of rotatable bonds is 2. The van der Waals surface area contributed by atoms with Crippen LogP contribution in [0.5, 0.6) is 0 Å². The molecular weight excluding hydrogens is 254 g/mol. The maximum absolute atomic E-state index is 5.64. The second-order valence-electron chi connectivity index (χ2n) is 4.69. The highest BCUT2D eigenvalue weighted by atomic mass is 32.1. The van der Waals surface area contributed by atoms with Crippen molar-refractivity contribution in [1.29, 1.82) is 0 Å². The zero-order chi connectivity index (χ0) is 13.2. The molecule has 0 radical (unpaired) electrons. The molecule has 4 heteroatoms. The summed E-state index contributed by atoms with van der Waals surface area (Å²) in [5.74, 6) is 0.944. The van der Waals surface area contributed by atoms with Crippen molar-refractivity contribution in [2.45, 2.75) is 13.0 Å². The van der Waals surface area contributed by atoms with Crippen LogP contribution in [-0.4, -0.2) is 16.5 Å². The fourth-order valence-corrected chi connectivity index (χ4v) is 2.54. The minimum absolute atomic E-state index is 0.347. The average Bonchev–Trinajstić information content (AvgIpc) is 2.47. The number of aromatic nitrogens is 1. The van der Waals surface area contributed by atoms with Crippen LogP contribution in [0.1, 0.15) is 16.8 Å². The molecule has 1 aliphatic heterocycles. The number of fused-ring (bicyclic) bond motifs is 1. The summed E-state index contributed by atoms with van der Waals surface area (Å²) >= 11 is 4.98. The van der Waals surface area contributed by atoms with Crippen LogP contribution in [0.2, 0.25) is 0 Å². The quantitative estimate of drug-likeness (QED) is 0.849. The number of benzene rings is 1. The number of anilines is 1. The summed E-state index contributed by atoms with van der Waals surface area (Å²) < 4.78 is 0. The molecule has 1 aromatic carbocycles. The summed E-state index contributed by atoms with van der Waals surface area (Å²) in [6.45, 7) is 1.87. The van der Waals surface area contributed by atoms with Gasteiger partial charge in [0.15, 0.2) is 0 Å². The van der Waals surface area contributed by atoms with Gasteiger partial charge in [-0.25, -0.2) is 4.98 Å². The Morgan fingerprint density at radius 3 is 2.68 bits per heavy atom. The van der Waals surface area contributed by atoms with Crippen molar-refractivity contribution >= 4 is 23.0 Å². The lowest BCUT2D eigenvalue weighted by Gasteiger charge is -2.30. The van der Waals surface area contributed by atoms with Crippen LogP contribution in [0.3, 0.4) is 0 Å². The first-order chi connectivity index (χ1) is 9.24. The normalized spacial score (nSPS) is 14.0. The first-order valence-electron chi connectivity index (χ1n) is 6.32. The molecule has 96 valence electrons. The van der Waals surface area contributed by atoms with E-state index in [0.29, 0.717) is 10.7 Å². The van der Waals surface area contributed by atoms with E-state index in [2.05, 4.69) is 34.1 Å². The molecule has 0 aliphatic carbocycles. The molecule has 0 amide bonds. The Hall–Kier alpha value is -1.94. The van der Waals surface area contributed by atoms with E-state index in [1.807, 2.05) is 18.2 Å². The van der Waals surface area contributed by atoms with E-state index in [1.54, 1.807) is 0 Å². The van der Waals surface area contributed by atoms with Gasteiger partial charge in [0.25, 0.3) is 0 Å². The molecule has 2 aromatic rings. The lowest BCUT2D eigenvalue weighted by Crippen LogP contribution is -2.31. The van der Waals surface area contributed by atoms with E-state index in [1.165, 1.54) is 11.1 Å². The third kappa shape index (κ3) is 2.44.